The first kappa shape index (κ1) is 29.3. The molecule has 8 rings (SSSR count). The van der Waals surface area contributed by atoms with Crippen LogP contribution in [-0.4, -0.2) is 22.9 Å². The van der Waals surface area contributed by atoms with E-state index in [2.05, 4.69) is 189 Å². The molecule has 0 amide bonds. The molecule has 0 aliphatic carbocycles. The lowest BCUT2D eigenvalue weighted by Gasteiger charge is -2.32. The Kier molecular flexibility index (Phi) is 7.05. The fourth-order valence-electron chi connectivity index (χ4n) is 6.60. The number of hydrogen-bond donors (Lipinski definition) is 0. The highest BCUT2D eigenvalue weighted by Crippen LogP contribution is 2.39. The van der Waals surface area contributed by atoms with Crippen LogP contribution in [0.4, 0.5) is 17.1 Å². The third-order valence-electron chi connectivity index (χ3n) is 9.84. The fourth-order valence-corrected chi connectivity index (χ4v) is 6.60. The van der Waals surface area contributed by atoms with Crippen molar-refractivity contribution in [1.82, 2.24) is 4.57 Å². The van der Waals surface area contributed by atoms with E-state index < -0.39 is 18.3 Å². The molecule has 1 aliphatic rings. The highest BCUT2D eigenvalue weighted by atomic mass is 16.7. The largest absolute Gasteiger partial charge is 0.494 e. The smallest absolute Gasteiger partial charge is 0.399 e. The molecule has 1 fully saturated rings. The second-order valence-electron chi connectivity index (χ2n) is 13.3. The normalized spacial score (nSPS) is 15.4. The van der Waals surface area contributed by atoms with Crippen molar-refractivity contribution in [1.29, 1.82) is 0 Å². The molecule has 1 aromatic heterocycles. The Morgan fingerprint density at radius 3 is 1.66 bits per heavy atom. The van der Waals surface area contributed by atoms with E-state index in [0.29, 0.717) is 0 Å². The molecule has 5 heteroatoms. The van der Waals surface area contributed by atoms with Gasteiger partial charge in [0.15, 0.2) is 0 Å². The predicted molar refractivity (Wildman–Crippen MR) is 197 cm³/mol. The molecule has 0 N–H and O–H groups in total. The van der Waals surface area contributed by atoms with Crippen molar-refractivity contribution in [2.75, 3.05) is 4.90 Å². The van der Waals surface area contributed by atoms with Crippen LogP contribution in [0.25, 0.3) is 38.6 Å². The Bertz CT molecular complexity index is 2170. The van der Waals surface area contributed by atoms with E-state index in [0.717, 1.165) is 39.2 Å². The van der Waals surface area contributed by atoms with Gasteiger partial charge in [0.25, 0.3) is 0 Å². The highest BCUT2D eigenvalue weighted by Gasteiger charge is 2.51. The van der Waals surface area contributed by atoms with Crippen LogP contribution in [-0.2, 0) is 9.31 Å². The summed E-state index contributed by atoms with van der Waals surface area (Å²) in [5.41, 5.74) is 9.31. The van der Waals surface area contributed by atoms with E-state index in [1.54, 1.807) is 0 Å². The zero-order valence-corrected chi connectivity index (χ0v) is 27.2. The first-order valence-corrected chi connectivity index (χ1v) is 16.3. The molecule has 7 aromatic rings. The number of anilines is 3. The van der Waals surface area contributed by atoms with Crippen LogP contribution in [0.5, 0.6) is 0 Å². The Hall–Kier alpha value is -5.10. The number of nitrogens with zero attached hydrogens (tertiary/aromatic N) is 2. The molecular formula is C42H37BN2O2. The van der Waals surface area contributed by atoms with Gasteiger partial charge in [-0.25, -0.2) is 0 Å². The summed E-state index contributed by atoms with van der Waals surface area (Å²) in [6.45, 7) is 8.39. The quantitative estimate of drug-likeness (QED) is 0.175. The molecule has 2 heterocycles. The average molecular weight is 613 g/mol. The Labute approximate surface area is 277 Å². The highest BCUT2D eigenvalue weighted by molar-refractivity contribution is 6.62. The Balaban J connectivity index is 1.20. The van der Waals surface area contributed by atoms with E-state index in [1.807, 2.05) is 0 Å². The van der Waals surface area contributed by atoms with Crippen molar-refractivity contribution in [3.63, 3.8) is 0 Å². The van der Waals surface area contributed by atoms with Crippen LogP contribution >= 0.6 is 0 Å². The lowest BCUT2D eigenvalue weighted by molar-refractivity contribution is 0.00578. The van der Waals surface area contributed by atoms with Gasteiger partial charge in [0.05, 0.1) is 22.2 Å². The van der Waals surface area contributed by atoms with Gasteiger partial charge in [-0.3, -0.25) is 0 Å². The van der Waals surface area contributed by atoms with Gasteiger partial charge in [0, 0.05) is 33.5 Å². The minimum absolute atomic E-state index is 0.401. The van der Waals surface area contributed by atoms with Gasteiger partial charge in [-0.1, -0.05) is 91.0 Å². The van der Waals surface area contributed by atoms with Gasteiger partial charge in [0.2, 0.25) is 0 Å². The van der Waals surface area contributed by atoms with E-state index in [9.17, 15) is 0 Å². The van der Waals surface area contributed by atoms with Gasteiger partial charge in [-0.2, -0.15) is 0 Å². The maximum Gasteiger partial charge on any atom is 0.494 e. The molecule has 1 saturated heterocycles. The predicted octanol–water partition coefficient (Wildman–Crippen LogP) is 10.2. The summed E-state index contributed by atoms with van der Waals surface area (Å²) in [5, 5.41) is 2.42. The number of para-hydroxylation sites is 2. The summed E-state index contributed by atoms with van der Waals surface area (Å²) in [7, 11) is -0.425. The van der Waals surface area contributed by atoms with E-state index in [-0.39, 0.29) is 0 Å². The maximum absolute atomic E-state index is 6.44. The van der Waals surface area contributed by atoms with Gasteiger partial charge in [-0.05, 0) is 105 Å². The molecule has 0 spiro atoms. The van der Waals surface area contributed by atoms with Crippen molar-refractivity contribution in [2.45, 2.75) is 38.9 Å². The third-order valence-corrected chi connectivity index (χ3v) is 9.84. The van der Waals surface area contributed by atoms with Crippen LogP contribution in [0.3, 0.4) is 0 Å². The summed E-state index contributed by atoms with van der Waals surface area (Å²) in [6.07, 6.45) is 0. The van der Waals surface area contributed by atoms with Gasteiger partial charge in [-0.15, -0.1) is 0 Å². The number of aromatic nitrogens is 1. The molecule has 0 bridgehead atoms. The van der Waals surface area contributed by atoms with Crippen molar-refractivity contribution in [3.8, 4) is 16.8 Å². The molecule has 230 valence electrons. The molecule has 47 heavy (non-hydrogen) atoms. The van der Waals surface area contributed by atoms with Gasteiger partial charge >= 0.3 is 7.12 Å². The second kappa shape index (κ2) is 11.3. The zero-order chi connectivity index (χ0) is 32.2. The second-order valence-corrected chi connectivity index (χ2v) is 13.3. The third kappa shape index (κ3) is 5.13. The van der Waals surface area contributed by atoms with Crippen LogP contribution in [0, 0.1) is 0 Å². The van der Waals surface area contributed by atoms with Gasteiger partial charge < -0.3 is 18.8 Å². The summed E-state index contributed by atoms with van der Waals surface area (Å²) in [4.78, 5) is 2.31. The van der Waals surface area contributed by atoms with Crippen LogP contribution in [0.1, 0.15) is 27.7 Å². The van der Waals surface area contributed by atoms with E-state index >= 15 is 0 Å². The number of hydrogen-bond acceptors (Lipinski definition) is 3. The molecule has 6 aromatic carbocycles. The van der Waals surface area contributed by atoms with Crippen LogP contribution in [0.2, 0.25) is 0 Å². The Morgan fingerprint density at radius 2 is 1.00 bits per heavy atom. The van der Waals surface area contributed by atoms with Crippen molar-refractivity contribution in [2.24, 2.45) is 0 Å². The van der Waals surface area contributed by atoms with Gasteiger partial charge in [0.1, 0.15) is 0 Å². The lowest BCUT2D eigenvalue weighted by atomic mass is 9.79. The summed E-state index contributed by atoms with van der Waals surface area (Å²) in [6, 6.07) is 53.9. The summed E-state index contributed by atoms with van der Waals surface area (Å²) in [5.74, 6) is 0. The van der Waals surface area contributed by atoms with Crippen molar-refractivity contribution < 1.29 is 9.31 Å². The molecule has 1 aliphatic heterocycles. The molecular weight excluding hydrogens is 575 g/mol. The summed E-state index contributed by atoms with van der Waals surface area (Å²) < 4.78 is 15.2. The maximum atomic E-state index is 6.44. The topological polar surface area (TPSA) is 26.6 Å². The number of fused-ring (bicyclic) bond motifs is 3. The minimum atomic E-state index is -0.425. The van der Waals surface area contributed by atoms with E-state index in [1.165, 1.54) is 21.9 Å². The summed E-state index contributed by atoms with van der Waals surface area (Å²) >= 11 is 0. The molecule has 0 saturated carbocycles. The van der Waals surface area contributed by atoms with E-state index in [4.69, 9.17) is 9.31 Å². The molecule has 0 radical (unpaired) electrons. The number of benzene rings is 6. The van der Waals surface area contributed by atoms with Crippen LogP contribution < -0.4 is 10.4 Å². The minimum Gasteiger partial charge on any atom is -0.399 e. The first-order chi connectivity index (χ1) is 22.8. The fraction of sp³-hybridized carbons (Fsp3) is 0.143. The lowest BCUT2D eigenvalue weighted by Crippen LogP contribution is -2.41. The molecule has 0 unspecified atom stereocenters. The zero-order valence-electron chi connectivity index (χ0n) is 27.2. The monoisotopic (exact) mass is 612 g/mol. The Morgan fingerprint density at radius 1 is 0.489 bits per heavy atom. The standard InChI is InChI=1S/C42H37BN2O2/c1-41(2)42(3,4)47-43(46-41)32-21-28-38-37-17-11-12-18-39(37)45(40(38)29-32)36-26-24-35(25-27-36)44(33-15-9-6-10-16-33)34-22-19-31(20-23-34)30-13-7-5-8-14-30/h5-29H,1-4H3. The molecule has 0 atom stereocenters. The average Bonchev–Trinajstić information content (AvgIpc) is 3.54. The first-order valence-electron chi connectivity index (χ1n) is 16.3. The van der Waals surface area contributed by atoms with Crippen molar-refractivity contribution in [3.05, 3.63) is 152 Å². The molecule has 4 nitrogen and oxygen atoms in total. The van der Waals surface area contributed by atoms with Crippen molar-refractivity contribution >= 4 is 51.4 Å². The SMILES string of the molecule is CC1(C)OB(c2ccc3c4ccccc4n(-c4ccc(N(c5ccccc5)c5ccc(-c6ccccc6)cc5)cc4)c3c2)OC1(C)C. The van der Waals surface area contributed by atoms with Crippen LogP contribution in [0.15, 0.2) is 152 Å². The number of rotatable bonds is 6.